The van der Waals surface area contributed by atoms with Crippen LogP contribution in [0.15, 0.2) is 83.8 Å². The highest BCUT2D eigenvalue weighted by atomic mass is 32.1. The number of aromatic nitrogens is 5. The van der Waals surface area contributed by atoms with Crippen molar-refractivity contribution >= 4 is 22.4 Å². The van der Waals surface area contributed by atoms with E-state index in [9.17, 15) is 4.79 Å². The van der Waals surface area contributed by atoms with Crippen LogP contribution in [0.3, 0.4) is 0 Å². The second-order valence-corrected chi connectivity index (χ2v) is 11.3. The number of ether oxygens (including phenoxy) is 3. The van der Waals surface area contributed by atoms with Crippen molar-refractivity contribution in [1.82, 2.24) is 24.4 Å². The SMILES string of the molecule is CCCCOc1ccc(-c2nn(-c3ccccc3)cc2C=c2sc3nc(C4COc5ccccc5O4)nn3c2=O)c(C)c1. The van der Waals surface area contributed by atoms with Gasteiger partial charge >= 0.3 is 0 Å². The molecule has 1 atom stereocenters. The highest BCUT2D eigenvalue weighted by molar-refractivity contribution is 7.15. The average Bonchev–Trinajstić information content (AvgIpc) is 3.72. The van der Waals surface area contributed by atoms with Crippen molar-refractivity contribution in [3.8, 4) is 34.2 Å². The zero-order valence-corrected chi connectivity index (χ0v) is 24.6. The van der Waals surface area contributed by atoms with E-state index in [0.717, 1.165) is 46.7 Å². The summed E-state index contributed by atoms with van der Waals surface area (Å²) in [6, 6.07) is 23.4. The van der Waals surface area contributed by atoms with Gasteiger partial charge in [0.25, 0.3) is 5.56 Å². The van der Waals surface area contributed by atoms with Crippen molar-refractivity contribution in [2.45, 2.75) is 32.8 Å². The lowest BCUT2D eigenvalue weighted by Crippen LogP contribution is -2.26. The summed E-state index contributed by atoms with van der Waals surface area (Å²) in [5.41, 5.74) is 4.26. The number of thiazole rings is 1. The first-order chi connectivity index (χ1) is 21.1. The van der Waals surface area contributed by atoms with Crippen molar-refractivity contribution in [3.63, 3.8) is 0 Å². The minimum Gasteiger partial charge on any atom is -0.494 e. The Balaban J connectivity index is 1.26. The van der Waals surface area contributed by atoms with E-state index in [4.69, 9.17) is 19.3 Å². The topological polar surface area (TPSA) is 92.8 Å². The van der Waals surface area contributed by atoms with Crippen LogP contribution in [0.4, 0.5) is 0 Å². The second kappa shape index (κ2) is 11.4. The standard InChI is InChI=1S/C33H29N5O4S/c1-3-4-16-40-24-14-15-25(21(2)17-24)30-22(19-37(35-30)23-10-6-5-7-11-23)18-29-32(39)38-33(43-29)34-31(36-38)28-20-41-26-12-8-9-13-27(26)42-28/h5-15,17-19,28H,3-4,16,20H2,1-2H3. The van der Waals surface area contributed by atoms with Gasteiger partial charge in [0.05, 0.1) is 16.8 Å². The van der Waals surface area contributed by atoms with Gasteiger partial charge in [0, 0.05) is 17.3 Å². The Bertz CT molecular complexity index is 2030. The molecule has 4 heterocycles. The molecule has 0 fully saturated rings. The number of benzene rings is 3. The summed E-state index contributed by atoms with van der Waals surface area (Å²) in [5.74, 6) is 2.56. The number of para-hydroxylation sites is 3. The fraction of sp³-hybridized carbons (Fsp3) is 0.212. The lowest BCUT2D eigenvalue weighted by molar-refractivity contribution is 0.0852. The highest BCUT2D eigenvalue weighted by Gasteiger charge is 2.27. The molecule has 0 spiro atoms. The molecule has 7 rings (SSSR count). The smallest absolute Gasteiger partial charge is 0.291 e. The Morgan fingerprint density at radius 2 is 1.86 bits per heavy atom. The van der Waals surface area contributed by atoms with E-state index in [1.54, 1.807) is 0 Å². The normalized spacial score (nSPS) is 14.8. The van der Waals surface area contributed by atoms with E-state index in [0.29, 0.717) is 33.4 Å². The fourth-order valence-corrected chi connectivity index (χ4v) is 5.92. The van der Waals surface area contributed by atoms with Gasteiger partial charge in [0.1, 0.15) is 18.1 Å². The van der Waals surface area contributed by atoms with Gasteiger partial charge in [-0.1, -0.05) is 55.0 Å². The van der Waals surface area contributed by atoms with Gasteiger partial charge in [0.2, 0.25) is 4.96 Å². The van der Waals surface area contributed by atoms with E-state index in [1.165, 1.54) is 15.9 Å². The van der Waals surface area contributed by atoms with Crippen molar-refractivity contribution in [1.29, 1.82) is 0 Å². The van der Waals surface area contributed by atoms with E-state index in [1.807, 2.05) is 96.7 Å². The molecule has 6 aromatic rings. The van der Waals surface area contributed by atoms with Gasteiger partial charge in [-0.3, -0.25) is 4.79 Å². The largest absolute Gasteiger partial charge is 0.494 e. The van der Waals surface area contributed by atoms with Crippen LogP contribution in [0.25, 0.3) is 28.0 Å². The molecule has 1 aliphatic rings. The third kappa shape index (κ3) is 5.25. The minimum absolute atomic E-state index is 0.245. The molecule has 9 nitrogen and oxygen atoms in total. The molecule has 1 aliphatic heterocycles. The molecular formula is C33H29N5O4S. The first-order valence-corrected chi connectivity index (χ1v) is 15.1. The number of unbranched alkanes of at least 4 members (excludes halogenated alkanes) is 1. The molecule has 10 heteroatoms. The summed E-state index contributed by atoms with van der Waals surface area (Å²) in [7, 11) is 0. The maximum Gasteiger partial charge on any atom is 0.291 e. The van der Waals surface area contributed by atoms with E-state index < -0.39 is 6.10 Å². The van der Waals surface area contributed by atoms with Crippen LogP contribution >= 0.6 is 11.3 Å². The van der Waals surface area contributed by atoms with Crippen LogP contribution in [0.5, 0.6) is 17.2 Å². The van der Waals surface area contributed by atoms with Gasteiger partial charge in [0.15, 0.2) is 23.4 Å². The molecular weight excluding hydrogens is 562 g/mol. The predicted molar refractivity (Wildman–Crippen MR) is 165 cm³/mol. The lowest BCUT2D eigenvalue weighted by Gasteiger charge is -2.24. The van der Waals surface area contributed by atoms with Crippen LogP contribution in [-0.4, -0.2) is 37.6 Å². The Labute approximate surface area is 251 Å². The monoisotopic (exact) mass is 591 g/mol. The third-order valence-corrected chi connectivity index (χ3v) is 8.22. The number of aryl methyl sites for hydroxylation is 1. The van der Waals surface area contributed by atoms with Gasteiger partial charge < -0.3 is 14.2 Å². The quantitative estimate of drug-likeness (QED) is 0.214. The summed E-state index contributed by atoms with van der Waals surface area (Å²) in [5, 5.41) is 9.46. The molecule has 3 aromatic carbocycles. The van der Waals surface area contributed by atoms with Gasteiger partial charge in [-0.05, 0) is 67.4 Å². The van der Waals surface area contributed by atoms with Crippen molar-refractivity contribution in [2.24, 2.45) is 0 Å². The van der Waals surface area contributed by atoms with Gasteiger partial charge in [-0.25, -0.2) is 4.68 Å². The van der Waals surface area contributed by atoms with E-state index in [-0.39, 0.29) is 12.2 Å². The molecule has 216 valence electrons. The summed E-state index contributed by atoms with van der Waals surface area (Å²) < 4.78 is 21.5. The molecule has 0 aliphatic carbocycles. The Kier molecular flexibility index (Phi) is 7.12. The lowest BCUT2D eigenvalue weighted by atomic mass is 10.0. The highest BCUT2D eigenvalue weighted by Crippen LogP contribution is 2.35. The zero-order valence-electron chi connectivity index (χ0n) is 23.8. The Hall–Kier alpha value is -4.96. The van der Waals surface area contributed by atoms with E-state index >= 15 is 0 Å². The molecule has 0 saturated carbocycles. The summed E-state index contributed by atoms with van der Waals surface area (Å²) in [4.78, 5) is 18.6. The average molecular weight is 592 g/mol. The Morgan fingerprint density at radius 1 is 1.05 bits per heavy atom. The van der Waals surface area contributed by atoms with Crippen LogP contribution in [-0.2, 0) is 0 Å². The molecule has 0 radical (unpaired) electrons. The number of hydrogen-bond donors (Lipinski definition) is 0. The molecule has 0 amide bonds. The molecule has 1 unspecified atom stereocenters. The zero-order chi connectivity index (χ0) is 29.3. The maximum absolute atomic E-state index is 13.5. The number of fused-ring (bicyclic) bond motifs is 2. The molecule has 0 bridgehead atoms. The summed E-state index contributed by atoms with van der Waals surface area (Å²) in [6.45, 7) is 5.15. The van der Waals surface area contributed by atoms with Crippen molar-refractivity contribution < 1.29 is 14.2 Å². The molecule has 0 N–H and O–H groups in total. The first-order valence-electron chi connectivity index (χ1n) is 14.3. The first kappa shape index (κ1) is 26.9. The second-order valence-electron chi connectivity index (χ2n) is 10.3. The predicted octanol–water partition coefficient (Wildman–Crippen LogP) is 5.55. The number of hydrogen-bond acceptors (Lipinski definition) is 8. The summed E-state index contributed by atoms with van der Waals surface area (Å²) >= 11 is 1.28. The van der Waals surface area contributed by atoms with Crippen molar-refractivity contribution in [2.75, 3.05) is 13.2 Å². The maximum atomic E-state index is 13.5. The van der Waals surface area contributed by atoms with Gasteiger partial charge in [-0.15, -0.1) is 5.10 Å². The molecule has 43 heavy (non-hydrogen) atoms. The van der Waals surface area contributed by atoms with E-state index in [2.05, 4.69) is 17.0 Å². The Morgan fingerprint density at radius 3 is 2.65 bits per heavy atom. The number of rotatable bonds is 8. The van der Waals surface area contributed by atoms with Crippen LogP contribution in [0, 0.1) is 6.92 Å². The van der Waals surface area contributed by atoms with Crippen LogP contribution in [0.1, 0.15) is 42.8 Å². The third-order valence-electron chi connectivity index (χ3n) is 7.26. The van der Waals surface area contributed by atoms with Crippen LogP contribution in [0.2, 0.25) is 0 Å². The fourth-order valence-electron chi connectivity index (χ4n) is 5.01. The molecule has 3 aromatic heterocycles. The molecule has 0 saturated heterocycles. The van der Waals surface area contributed by atoms with Crippen molar-refractivity contribution in [3.05, 3.63) is 111 Å². The number of nitrogens with zero attached hydrogens (tertiary/aromatic N) is 5. The van der Waals surface area contributed by atoms with Crippen LogP contribution < -0.4 is 24.3 Å². The summed E-state index contributed by atoms with van der Waals surface area (Å²) in [6.07, 6.45) is 5.40. The van der Waals surface area contributed by atoms with Gasteiger partial charge in [-0.2, -0.15) is 14.6 Å². The minimum atomic E-state index is -0.499.